The molecule has 1 atom stereocenters. The number of aromatic nitrogens is 7. The van der Waals surface area contributed by atoms with E-state index in [2.05, 4.69) is 30.3 Å². The lowest BCUT2D eigenvalue weighted by Crippen LogP contribution is -2.38. The number of fused-ring (bicyclic) bond motifs is 3. The van der Waals surface area contributed by atoms with Gasteiger partial charge in [-0.1, -0.05) is 0 Å². The van der Waals surface area contributed by atoms with Crippen molar-refractivity contribution in [2.75, 3.05) is 45.2 Å². The van der Waals surface area contributed by atoms with Crippen LogP contribution in [0.25, 0.3) is 22.5 Å². The Bertz CT molecular complexity index is 1520. The zero-order valence-corrected chi connectivity index (χ0v) is 22.8. The van der Waals surface area contributed by atoms with Crippen molar-refractivity contribution in [1.82, 2.24) is 39.4 Å². The molecule has 1 aliphatic carbocycles. The number of pyridine rings is 1. The summed E-state index contributed by atoms with van der Waals surface area (Å²) in [5.74, 6) is 0.278. The van der Waals surface area contributed by atoms with Crippen LogP contribution in [0.2, 0.25) is 0 Å². The van der Waals surface area contributed by atoms with E-state index in [0.717, 1.165) is 97.4 Å². The van der Waals surface area contributed by atoms with Gasteiger partial charge in [0.1, 0.15) is 0 Å². The molecule has 40 heavy (non-hydrogen) atoms. The molecule has 6 rings (SSSR count). The average Bonchev–Trinajstić information content (AvgIpc) is 3.58. The number of hydrogen-bond acceptors (Lipinski definition) is 10. The van der Waals surface area contributed by atoms with Crippen LogP contribution in [0, 0.1) is 5.41 Å². The van der Waals surface area contributed by atoms with Gasteiger partial charge >= 0.3 is 0 Å². The van der Waals surface area contributed by atoms with Crippen LogP contribution in [0.1, 0.15) is 22.9 Å². The third-order valence-corrected chi connectivity index (χ3v) is 7.38. The summed E-state index contributed by atoms with van der Waals surface area (Å²) in [6.07, 6.45) is 12.3. The van der Waals surface area contributed by atoms with E-state index in [1.807, 2.05) is 47.1 Å². The number of rotatable bonds is 9. The lowest BCUT2D eigenvalue weighted by molar-refractivity contribution is 0.0360. The smallest absolute Gasteiger partial charge is 0.227 e. The van der Waals surface area contributed by atoms with Crippen molar-refractivity contribution in [3.8, 4) is 22.5 Å². The molecule has 4 aromatic rings. The lowest BCUT2D eigenvalue weighted by Gasteiger charge is -2.26. The number of nitrogens with one attached hydrogen (secondary N) is 2. The maximum absolute atomic E-state index is 7.70. The lowest BCUT2D eigenvalue weighted by atomic mass is 9.91. The highest BCUT2D eigenvalue weighted by atomic mass is 16.5. The van der Waals surface area contributed by atoms with Gasteiger partial charge in [-0.05, 0) is 30.5 Å². The van der Waals surface area contributed by atoms with Gasteiger partial charge < -0.3 is 15.5 Å². The van der Waals surface area contributed by atoms with Crippen LogP contribution in [0.4, 0.5) is 11.6 Å². The summed E-state index contributed by atoms with van der Waals surface area (Å²) in [5.41, 5.74) is 7.56. The molecule has 1 fully saturated rings. The molecule has 206 valence electrons. The second-order valence-corrected chi connectivity index (χ2v) is 10.0. The third-order valence-electron chi connectivity index (χ3n) is 7.38. The van der Waals surface area contributed by atoms with Crippen LogP contribution in [0.3, 0.4) is 0 Å². The summed E-state index contributed by atoms with van der Waals surface area (Å²) >= 11 is 0. The van der Waals surface area contributed by atoms with E-state index < -0.39 is 0 Å². The molecular weight excluding hydrogens is 506 g/mol. The van der Waals surface area contributed by atoms with Crippen molar-refractivity contribution in [3.63, 3.8) is 0 Å². The van der Waals surface area contributed by atoms with Crippen molar-refractivity contribution in [1.29, 1.82) is 5.41 Å². The monoisotopic (exact) mass is 539 g/mol. The van der Waals surface area contributed by atoms with E-state index >= 15 is 0 Å². The third kappa shape index (κ3) is 5.27. The number of hydrogen-bond donors (Lipinski definition) is 2. The highest BCUT2D eigenvalue weighted by Crippen LogP contribution is 2.39. The second kappa shape index (κ2) is 11.4. The van der Waals surface area contributed by atoms with E-state index in [-0.39, 0.29) is 5.92 Å². The van der Waals surface area contributed by atoms with Crippen molar-refractivity contribution >= 4 is 24.1 Å². The molecule has 0 amide bonds. The zero-order valence-electron chi connectivity index (χ0n) is 22.8. The second-order valence-electron chi connectivity index (χ2n) is 10.0. The van der Waals surface area contributed by atoms with E-state index in [1.54, 1.807) is 19.5 Å². The van der Waals surface area contributed by atoms with Crippen molar-refractivity contribution < 1.29 is 4.74 Å². The van der Waals surface area contributed by atoms with Crippen molar-refractivity contribution in [2.45, 2.75) is 25.3 Å². The molecular formula is C28H33N11O. The molecule has 5 heterocycles. The minimum Gasteiger partial charge on any atom is -0.379 e. The molecule has 2 aliphatic rings. The largest absolute Gasteiger partial charge is 0.379 e. The SMILES string of the molecule is CN=CC(C=N)c1ccc(-c2c3c(nn2C)CCc2cnc(Nc4cnn(CCN5CCOCC5)c4)nc2-3)cn1. The van der Waals surface area contributed by atoms with E-state index in [4.69, 9.17) is 20.2 Å². The first-order chi connectivity index (χ1) is 19.6. The Morgan fingerprint density at radius 3 is 2.77 bits per heavy atom. The highest BCUT2D eigenvalue weighted by molar-refractivity contribution is 5.89. The maximum Gasteiger partial charge on any atom is 0.227 e. The van der Waals surface area contributed by atoms with Gasteiger partial charge in [-0.3, -0.25) is 24.2 Å². The molecule has 0 saturated carbocycles. The Labute approximate surface area is 232 Å². The molecule has 1 unspecified atom stereocenters. The fourth-order valence-corrected chi connectivity index (χ4v) is 5.31. The minimum atomic E-state index is -0.245. The number of ether oxygens (including phenoxy) is 1. The molecule has 0 bridgehead atoms. The molecule has 2 N–H and O–H groups in total. The fourth-order valence-electron chi connectivity index (χ4n) is 5.31. The van der Waals surface area contributed by atoms with Gasteiger partial charge in [-0.25, -0.2) is 9.97 Å². The highest BCUT2D eigenvalue weighted by Gasteiger charge is 2.27. The van der Waals surface area contributed by atoms with Crippen molar-refractivity contribution in [3.05, 3.63) is 53.9 Å². The first-order valence-electron chi connectivity index (χ1n) is 13.5. The van der Waals surface area contributed by atoms with Crippen LogP contribution >= 0.6 is 0 Å². The predicted octanol–water partition coefficient (Wildman–Crippen LogP) is 2.74. The van der Waals surface area contributed by atoms with Gasteiger partial charge in [0.05, 0.1) is 60.3 Å². The number of nitrogens with zero attached hydrogens (tertiary/aromatic N) is 9. The van der Waals surface area contributed by atoms with Gasteiger partial charge in [0.25, 0.3) is 0 Å². The molecule has 1 saturated heterocycles. The fraction of sp³-hybridized carbons (Fsp3) is 0.393. The van der Waals surface area contributed by atoms with Crippen molar-refractivity contribution in [2.24, 2.45) is 12.0 Å². The molecule has 0 radical (unpaired) electrons. The Hall–Kier alpha value is -4.29. The normalized spacial score (nSPS) is 16.1. The summed E-state index contributed by atoms with van der Waals surface area (Å²) in [6, 6.07) is 3.97. The van der Waals surface area contributed by atoms with Gasteiger partial charge in [0.15, 0.2) is 0 Å². The van der Waals surface area contributed by atoms with Gasteiger partial charge in [-0.15, -0.1) is 0 Å². The Kier molecular flexibility index (Phi) is 7.43. The summed E-state index contributed by atoms with van der Waals surface area (Å²) in [7, 11) is 3.66. The summed E-state index contributed by atoms with van der Waals surface area (Å²) < 4.78 is 9.29. The molecule has 1 aliphatic heterocycles. The van der Waals surface area contributed by atoms with Gasteiger partial charge in [0.2, 0.25) is 5.95 Å². The van der Waals surface area contributed by atoms with E-state index in [1.165, 1.54) is 6.21 Å². The zero-order chi connectivity index (χ0) is 27.5. The molecule has 12 nitrogen and oxygen atoms in total. The molecule has 0 spiro atoms. The molecule has 0 aromatic carbocycles. The van der Waals surface area contributed by atoms with E-state index in [9.17, 15) is 0 Å². The van der Waals surface area contributed by atoms with Crippen LogP contribution in [-0.2, 0) is 31.2 Å². The van der Waals surface area contributed by atoms with Gasteiger partial charge in [-0.2, -0.15) is 10.2 Å². The standard InChI is InChI=1S/C28H33N11O/c1-30-14-21(13-29)23-5-4-20(16-31-23)27-25-24(36-37(27)2)6-3-19-15-32-28(35-26(19)25)34-22-17-33-39(18-22)8-7-38-9-11-40-12-10-38/h4-5,13-18,21,29H,3,6-12H2,1-2H3,(H,32,34,35). The summed E-state index contributed by atoms with van der Waals surface area (Å²) in [6.45, 7) is 5.27. The number of aliphatic imine (C=N–C) groups is 1. The number of morpholine rings is 1. The Balaban J connectivity index is 1.24. The Morgan fingerprint density at radius 2 is 2.00 bits per heavy atom. The first-order valence-corrected chi connectivity index (χ1v) is 13.5. The summed E-state index contributed by atoms with van der Waals surface area (Å²) in [4.78, 5) is 20.7. The van der Waals surface area contributed by atoms with Crippen LogP contribution in [0.15, 0.2) is 41.9 Å². The predicted molar refractivity (Wildman–Crippen MR) is 154 cm³/mol. The first kappa shape index (κ1) is 26.0. The molecule has 4 aromatic heterocycles. The van der Waals surface area contributed by atoms with Gasteiger partial charge in [0, 0.05) is 75.9 Å². The number of aryl methyl sites for hydroxylation is 3. The summed E-state index contributed by atoms with van der Waals surface area (Å²) in [5, 5.41) is 20.4. The number of anilines is 2. The Morgan fingerprint density at radius 1 is 1.12 bits per heavy atom. The quantitative estimate of drug-likeness (QED) is 0.310. The average molecular weight is 540 g/mol. The van der Waals surface area contributed by atoms with Crippen LogP contribution in [-0.4, -0.2) is 91.7 Å². The molecule has 12 heteroatoms. The van der Waals surface area contributed by atoms with Crippen LogP contribution in [0.5, 0.6) is 0 Å². The van der Waals surface area contributed by atoms with Crippen LogP contribution < -0.4 is 5.32 Å². The topological polar surface area (TPSA) is 135 Å². The van der Waals surface area contributed by atoms with E-state index in [0.29, 0.717) is 5.95 Å². The maximum atomic E-state index is 7.70. The minimum absolute atomic E-state index is 0.245.